The minimum absolute atomic E-state index is 0.0141. The minimum atomic E-state index is -1.12. The van der Waals surface area contributed by atoms with Crippen LogP contribution in [0.25, 0.3) is 0 Å². The first-order valence-electron chi connectivity index (χ1n) is 8.92. The van der Waals surface area contributed by atoms with E-state index in [4.69, 9.17) is 0 Å². The van der Waals surface area contributed by atoms with Crippen LogP contribution in [0.1, 0.15) is 53.0 Å². The van der Waals surface area contributed by atoms with Crippen LogP contribution in [0.5, 0.6) is 0 Å². The van der Waals surface area contributed by atoms with Gasteiger partial charge in [-0.05, 0) is 49.6 Å². The highest BCUT2D eigenvalue weighted by Gasteiger charge is 2.17. The zero-order valence-electron chi connectivity index (χ0n) is 15.7. The molecule has 0 radical (unpaired) electrons. The second-order valence-corrected chi connectivity index (χ2v) is 6.34. The number of aryl methyl sites for hydroxylation is 1. The minimum Gasteiger partial charge on any atom is -0.478 e. The summed E-state index contributed by atoms with van der Waals surface area (Å²) >= 11 is 0. The fraction of sp³-hybridized carbons (Fsp3) is 0.286. The van der Waals surface area contributed by atoms with Gasteiger partial charge in [-0.3, -0.25) is 9.59 Å². The lowest BCUT2D eigenvalue weighted by atomic mass is 10.0. The van der Waals surface area contributed by atoms with E-state index < -0.39 is 11.9 Å². The molecule has 0 aliphatic heterocycles. The van der Waals surface area contributed by atoms with E-state index in [1.807, 2.05) is 20.8 Å². The number of carboxylic acid groups (broad SMARTS) is 1. The van der Waals surface area contributed by atoms with E-state index in [0.29, 0.717) is 11.3 Å². The Hall–Kier alpha value is -3.15. The molecule has 0 heterocycles. The first-order chi connectivity index (χ1) is 12.9. The van der Waals surface area contributed by atoms with Crippen molar-refractivity contribution in [3.05, 3.63) is 59.2 Å². The van der Waals surface area contributed by atoms with Crippen molar-refractivity contribution in [3.63, 3.8) is 0 Å². The number of para-hydroxylation sites is 1. The van der Waals surface area contributed by atoms with Crippen molar-refractivity contribution in [3.8, 4) is 0 Å². The van der Waals surface area contributed by atoms with Crippen molar-refractivity contribution in [2.45, 2.75) is 33.6 Å². The number of nitrogens with one attached hydrogen (secondary N) is 2. The van der Waals surface area contributed by atoms with Gasteiger partial charge in [0.15, 0.2) is 0 Å². The van der Waals surface area contributed by atoms with E-state index in [1.54, 1.807) is 30.3 Å². The number of carboxylic acids is 1. The molecule has 0 aliphatic rings. The van der Waals surface area contributed by atoms with Crippen LogP contribution in [0.2, 0.25) is 0 Å². The molecule has 0 saturated carbocycles. The standard InChI is InChI=1S/C21H24N2O4/c1-4-14(5-2)19(24)23-18-12-15(11-10-13(18)3)20(25)22-17-9-7-6-8-16(17)21(26)27/h6-12,14H,4-5H2,1-3H3,(H,22,25)(H,23,24)(H,26,27). The fourth-order valence-corrected chi connectivity index (χ4v) is 2.77. The molecule has 27 heavy (non-hydrogen) atoms. The Kier molecular flexibility index (Phi) is 6.71. The lowest BCUT2D eigenvalue weighted by Gasteiger charge is -2.15. The monoisotopic (exact) mass is 368 g/mol. The normalized spacial score (nSPS) is 10.5. The van der Waals surface area contributed by atoms with E-state index in [9.17, 15) is 19.5 Å². The Morgan fingerprint density at radius 3 is 2.26 bits per heavy atom. The molecule has 0 fully saturated rings. The van der Waals surface area contributed by atoms with Crippen LogP contribution in [-0.4, -0.2) is 22.9 Å². The Bertz CT molecular complexity index is 857. The molecule has 0 atom stereocenters. The van der Waals surface area contributed by atoms with Gasteiger partial charge in [0.05, 0.1) is 11.3 Å². The van der Waals surface area contributed by atoms with Gasteiger partial charge in [0.25, 0.3) is 5.91 Å². The molecule has 142 valence electrons. The molecule has 0 bridgehead atoms. The molecule has 2 aromatic rings. The third-order valence-corrected chi connectivity index (χ3v) is 4.52. The maximum Gasteiger partial charge on any atom is 0.337 e. The molecule has 0 aromatic heterocycles. The van der Waals surface area contributed by atoms with E-state index in [2.05, 4.69) is 10.6 Å². The molecule has 6 heteroatoms. The summed E-state index contributed by atoms with van der Waals surface area (Å²) in [6, 6.07) is 11.2. The fourth-order valence-electron chi connectivity index (χ4n) is 2.77. The van der Waals surface area contributed by atoms with Crippen molar-refractivity contribution in [1.82, 2.24) is 0 Å². The van der Waals surface area contributed by atoms with Gasteiger partial charge in [-0.2, -0.15) is 0 Å². The molecular formula is C21H24N2O4. The topological polar surface area (TPSA) is 95.5 Å². The van der Waals surface area contributed by atoms with E-state index in [-0.39, 0.29) is 23.1 Å². The predicted molar refractivity (Wildman–Crippen MR) is 105 cm³/mol. The smallest absolute Gasteiger partial charge is 0.337 e. The molecular weight excluding hydrogens is 344 g/mol. The summed E-state index contributed by atoms with van der Waals surface area (Å²) in [4.78, 5) is 36.2. The average Bonchev–Trinajstić information content (AvgIpc) is 2.64. The van der Waals surface area contributed by atoms with Gasteiger partial charge in [-0.1, -0.05) is 32.0 Å². The quantitative estimate of drug-likeness (QED) is 0.678. The molecule has 2 amide bonds. The Balaban J connectivity index is 2.23. The van der Waals surface area contributed by atoms with Gasteiger partial charge in [-0.15, -0.1) is 0 Å². The van der Waals surface area contributed by atoms with E-state index in [1.165, 1.54) is 12.1 Å². The van der Waals surface area contributed by atoms with Crippen molar-refractivity contribution >= 4 is 29.2 Å². The van der Waals surface area contributed by atoms with Gasteiger partial charge in [0.2, 0.25) is 5.91 Å². The average molecular weight is 368 g/mol. The Morgan fingerprint density at radius 2 is 1.63 bits per heavy atom. The molecule has 2 aromatic carbocycles. The third-order valence-electron chi connectivity index (χ3n) is 4.52. The van der Waals surface area contributed by atoms with Crippen molar-refractivity contribution in [2.24, 2.45) is 5.92 Å². The highest BCUT2D eigenvalue weighted by Crippen LogP contribution is 2.21. The van der Waals surface area contributed by atoms with Crippen LogP contribution in [0.3, 0.4) is 0 Å². The Morgan fingerprint density at radius 1 is 0.963 bits per heavy atom. The van der Waals surface area contributed by atoms with Gasteiger partial charge in [-0.25, -0.2) is 4.79 Å². The summed E-state index contributed by atoms with van der Waals surface area (Å²) in [5.74, 6) is -1.71. The summed E-state index contributed by atoms with van der Waals surface area (Å²) in [7, 11) is 0. The molecule has 6 nitrogen and oxygen atoms in total. The van der Waals surface area contributed by atoms with Crippen molar-refractivity contribution in [1.29, 1.82) is 0 Å². The Labute approximate surface area is 158 Å². The van der Waals surface area contributed by atoms with Crippen LogP contribution in [0.4, 0.5) is 11.4 Å². The van der Waals surface area contributed by atoms with Crippen LogP contribution < -0.4 is 10.6 Å². The molecule has 0 unspecified atom stereocenters. The zero-order valence-corrected chi connectivity index (χ0v) is 15.7. The van der Waals surface area contributed by atoms with Crippen molar-refractivity contribution < 1.29 is 19.5 Å². The number of hydrogen-bond acceptors (Lipinski definition) is 3. The van der Waals surface area contributed by atoms with Gasteiger partial charge < -0.3 is 15.7 Å². The molecule has 0 spiro atoms. The highest BCUT2D eigenvalue weighted by molar-refractivity contribution is 6.08. The van der Waals surface area contributed by atoms with E-state index in [0.717, 1.165) is 18.4 Å². The summed E-state index contributed by atoms with van der Waals surface area (Å²) in [5, 5.41) is 14.7. The second kappa shape index (κ2) is 8.98. The maximum absolute atomic E-state index is 12.6. The lowest BCUT2D eigenvalue weighted by molar-refractivity contribution is -0.120. The molecule has 3 N–H and O–H groups in total. The summed E-state index contributed by atoms with van der Waals surface area (Å²) in [6.45, 7) is 5.78. The molecule has 0 aliphatic carbocycles. The van der Waals surface area contributed by atoms with Crippen LogP contribution in [0, 0.1) is 12.8 Å². The molecule has 2 rings (SSSR count). The van der Waals surface area contributed by atoms with Gasteiger partial charge in [0, 0.05) is 17.2 Å². The van der Waals surface area contributed by atoms with Gasteiger partial charge >= 0.3 is 5.97 Å². The van der Waals surface area contributed by atoms with Crippen LogP contribution >= 0.6 is 0 Å². The number of rotatable bonds is 7. The van der Waals surface area contributed by atoms with Gasteiger partial charge in [0.1, 0.15) is 0 Å². The van der Waals surface area contributed by atoms with Crippen molar-refractivity contribution in [2.75, 3.05) is 10.6 Å². The first-order valence-corrected chi connectivity index (χ1v) is 8.92. The molecule has 0 saturated heterocycles. The number of aromatic carboxylic acids is 1. The van der Waals surface area contributed by atoms with Crippen LogP contribution in [0.15, 0.2) is 42.5 Å². The number of carbonyl (C=O) groups excluding carboxylic acids is 2. The van der Waals surface area contributed by atoms with Crippen LogP contribution in [-0.2, 0) is 4.79 Å². The third kappa shape index (κ3) is 4.94. The lowest BCUT2D eigenvalue weighted by Crippen LogP contribution is -2.22. The summed E-state index contributed by atoms with van der Waals surface area (Å²) < 4.78 is 0. The number of hydrogen-bond donors (Lipinski definition) is 3. The summed E-state index contributed by atoms with van der Waals surface area (Å²) in [5.41, 5.74) is 1.99. The zero-order chi connectivity index (χ0) is 20.0. The predicted octanol–water partition coefficient (Wildman–Crippen LogP) is 4.32. The SMILES string of the molecule is CCC(CC)C(=O)Nc1cc(C(=O)Nc2ccccc2C(=O)O)ccc1C. The summed E-state index contributed by atoms with van der Waals surface area (Å²) in [6.07, 6.45) is 1.49. The first kappa shape index (κ1) is 20.2. The van der Waals surface area contributed by atoms with E-state index >= 15 is 0 Å². The largest absolute Gasteiger partial charge is 0.478 e. The number of amides is 2. The number of anilines is 2. The highest BCUT2D eigenvalue weighted by atomic mass is 16.4. The number of benzene rings is 2. The number of carbonyl (C=O) groups is 3. The second-order valence-electron chi connectivity index (χ2n) is 6.34. The maximum atomic E-state index is 12.6.